The third-order valence-electron chi connectivity index (χ3n) is 2.23. The molecule has 0 spiro atoms. The minimum absolute atomic E-state index is 0.181. The van der Waals surface area contributed by atoms with Crippen LogP contribution in [0.5, 0.6) is 0 Å². The molecule has 2 rings (SSSR count). The number of hydrogen-bond donors (Lipinski definition) is 1. The Balaban J connectivity index is 2.46. The van der Waals surface area contributed by atoms with Crippen molar-refractivity contribution in [3.63, 3.8) is 0 Å². The quantitative estimate of drug-likeness (QED) is 0.885. The van der Waals surface area contributed by atoms with Crippen LogP contribution in [0.3, 0.4) is 0 Å². The van der Waals surface area contributed by atoms with E-state index in [9.17, 15) is 4.79 Å². The van der Waals surface area contributed by atoms with Gasteiger partial charge in [-0.15, -0.1) is 0 Å². The Hall–Kier alpha value is -2.12. The Morgan fingerprint density at radius 3 is 3.12 bits per heavy atom. The van der Waals surface area contributed by atoms with E-state index in [-0.39, 0.29) is 12.3 Å². The van der Waals surface area contributed by atoms with E-state index in [1.165, 1.54) is 0 Å². The molecule has 5 heteroatoms. The van der Waals surface area contributed by atoms with Crippen LogP contribution in [-0.2, 0) is 4.79 Å². The zero-order valence-electron chi connectivity index (χ0n) is 8.77. The number of rotatable bonds is 2. The topological polar surface area (TPSA) is 65.8 Å². The summed E-state index contributed by atoms with van der Waals surface area (Å²) in [4.78, 5) is 15.4. The van der Waals surface area contributed by atoms with Gasteiger partial charge in [-0.3, -0.25) is 9.78 Å². The summed E-state index contributed by atoms with van der Waals surface area (Å²) in [6.07, 6.45) is 3.12. The average molecular weight is 246 g/mol. The maximum absolute atomic E-state index is 11.4. The normalized spacial score (nSPS) is 9.88. The highest BCUT2D eigenvalue weighted by Crippen LogP contribution is 2.27. The number of carbonyl (C=O) groups excluding carboxylic acids is 1. The SMILES string of the molecule is N#CCC(=O)Nc1cc(Cl)cc2cnccc12. The third kappa shape index (κ3) is 2.52. The molecule has 0 fully saturated rings. The molecular weight excluding hydrogens is 238 g/mol. The predicted octanol–water partition coefficient (Wildman–Crippen LogP) is 2.74. The van der Waals surface area contributed by atoms with Crippen LogP contribution in [-0.4, -0.2) is 10.9 Å². The number of nitrogens with zero attached hydrogens (tertiary/aromatic N) is 2. The fourth-order valence-electron chi connectivity index (χ4n) is 1.54. The highest BCUT2D eigenvalue weighted by atomic mass is 35.5. The molecule has 0 saturated heterocycles. The van der Waals surface area contributed by atoms with Crippen molar-refractivity contribution < 1.29 is 4.79 Å². The van der Waals surface area contributed by atoms with Crippen LogP contribution in [0.15, 0.2) is 30.6 Å². The predicted molar refractivity (Wildman–Crippen MR) is 65.6 cm³/mol. The number of amides is 1. The molecule has 1 aromatic heterocycles. The monoisotopic (exact) mass is 245 g/mol. The van der Waals surface area contributed by atoms with E-state index in [1.54, 1.807) is 36.7 Å². The van der Waals surface area contributed by atoms with Gasteiger partial charge in [0.15, 0.2) is 0 Å². The molecule has 0 bridgehead atoms. The molecule has 1 amide bonds. The first-order valence-electron chi connectivity index (χ1n) is 4.91. The maximum Gasteiger partial charge on any atom is 0.238 e. The standard InChI is InChI=1S/C12H8ClN3O/c13-9-5-8-7-15-4-2-10(8)11(6-9)16-12(17)1-3-14/h2,4-7H,1H2,(H,16,17). The van der Waals surface area contributed by atoms with E-state index >= 15 is 0 Å². The van der Waals surface area contributed by atoms with Gasteiger partial charge in [-0.2, -0.15) is 5.26 Å². The van der Waals surface area contributed by atoms with Gasteiger partial charge in [0, 0.05) is 28.2 Å². The van der Waals surface area contributed by atoms with Gasteiger partial charge in [0.05, 0.1) is 11.8 Å². The zero-order chi connectivity index (χ0) is 12.3. The molecule has 4 nitrogen and oxygen atoms in total. The van der Waals surface area contributed by atoms with Gasteiger partial charge in [0.1, 0.15) is 6.42 Å². The van der Waals surface area contributed by atoms with E-state index in [0.717, 1.165) is 10.8 Å². The Bertz CT molecular complexity index is 619. The first-order chi connectivity index (χ1) is 8.20. The minimum Gasteiger partial charge on any atom is -0.325 e. The second-order valence-electron chi connectivity index (χ2n) is 3.43. The van der Waals surface area contributed by atoms with Gasteiger partial charge in [0.2, 0.25) is 5.91 Å². The molecule has 0 aliphatic carbocycles. The molecule has 17 heavy (non-hydrogen) atoms. The van der Waals surface area contributed by atoms with Crippen LogP contribution in [0.1, 0.15) is 6.42 Å². The highest BCUT2D eigenvalue weighted by Gasteiger charge is 2.06. The summed E-state index contributed by atoms with van der Waals surface area (Å²) in [5.74, 6) is -0.354. The second-order valence-corrected chi connectivity index (χ2v) is 3.87. The fourth-order valence-corrected chi connectivity index (χ4v) is 1.77. The van der Waals surface area contributed by atoms with Crippen molar-refractivity contribution in [2.45, 2.75) is 6.42 Å². The number of carbonyl (C=O) groups is 1. The van der Waals surface area contributed by atoms with Gasteiger partial charge in [0.25, 0.3) is 0 Å². The van der Waals surface area contributed by atoms with Gasteiger partial charge < -0.3 is 5.32 Å². The van der Waals surface area contributed by atoms with Crippen LogP contribution in [0.25, 0.3) is 10.8 Å². The molecule has 1 heterocycles. The summed E-state index contributed by atoms with van der Waals surface area (Å²) in [5.41, 5.74) is 0.593. The molecule has 0 radical (unpaired) electrons. The number of pyridine rings is 1. The molecule has 1 N–H and O–H groups in total. The number of aromatic nitrogens is 1. The summed E-state index contributed by atoms with van der Waals surface area (Å²) in [5, 5.41) is 13.3. The van der Waals surface area contributed by atoms with Gasteiger partial charge in [-0.25, -0.2) is 0 Å². The minimum atomic E-state index is -0.354. The third-order valence-corrected chi connectivity index (χ3v) is 2.45. The summed E-state index contributed by atoms with van der Waals surface area (Å²) in [6, 6.07) is 7.00. The van der Waals surface area contributed by atoms with Crippen molar-refractivity contribution in [3.8, 4) is 6.07 Å². The lowest BCUT2D eigenvalue weighted by Gasteiger charge is -2.07. The molecule has 1 aromatic carbocycles. The Kier molecular flexibility index (Phi) is 3.22. The summed E-state index contributed by atoms with van der Waals surface area (Å²) >= 11 is 5.94. The largest absolute Gasteiger partial charge is 0.325 e. The lowest BCUT2D eigenvalue weighted by Crippen LogP contribution is -2.10. The Morgan fingerprint density at radius 2 is 2.35 bits per heavy atom. The molecule has 0 atom stereocenters. The van der Waals surface area contributed by atoms with E-state index < -0.39 is 0 Å². The summed E-state index contributed by atoms with van der Waals surface area (Å²) in [6.45, 7) is 0. The lowest BCUT2D eigenvalue weighted by atomic mass is 10.1. The maximum atomic E-state index is 11.4. The van der Waals surface area contributed by atoms with E-state index in [2.05, 4.69) is 10.3 Å². The van der Waals surface area contributed by atoms with Crippen molar-refractivity contribution >= 4 is 34.0 Å². The molecule has 0 unspecified atom stereocenters. The molecular formula is C12H8ClN3O. The van der Waals surface area contributed by atoms with Crippen molar-refractivity contribution in [2.24, 2.45) is 0 Å². The average Bonchev–Trinajstić information content (AvgIpc) is 2.29. The van der Waals surface area contributed by atoms with Crippen molar-refractivity contribution in [1.82, 2.24) is 4.98 Å². The van der Waals surface area contributed by atoms with Gasteiger partial charge in [-0.1, -0.05) is 11.6 Å². The van der Waals surface area contributed by atoms with Gasteiger partial charge >= 0.3 is 0 Å². The Morgan fingerprint density at radius 1 is 1.53 bits per heavy atom. The number of nitrogens with one attached hydrogen (secondary N) is 1. The number of benzene rings is 1. The molecule has 2 aromatic rings. The van der Waals surface area contributed by atoms with Crippen LogP contribution in [0, 0.1) is 11.3 Å². The Labute approximate surface area is 103 Å². The lowest BCUT2D eigenvalue weighted by molar-refractivity contribution is -0.115. The van der Waals surface area contributed by atoms with E-state index in [0.29, 0.717) is 10.7 Å². The molecule has 84 valence electrons. The van der Waals surface area contributed by atoms with Crippen molar-refractivity contribution in [1.29, 1.82) is 5.26 Å². The number of fused-ring (bicyclic) bond motifs is 1. The molecule has 0 aliphatic heterocycles. The highest BCUT2D eigenvalue weighted by molar-refractivity contribution is 6.32. The smallest absolute Gasteiger partial charge is 0.238 e. The number of nitriles is 1. The number of anilines is 1. The van der Waals surface area contributed by atoms with Crippen LogP contribution in [0.4, 0.5) is 5.69 Å². The first kappa shape index (κ1) is 11.4. The molecule has 0 aliphatic rings. The fraction of sp³-hybridized carbons (Fsp3) is 0.0833. The van der Waals surface area contributed by atoms with E-state index in [4.69, 9.17) is 16.9 Å². The van der Waals surface area contributed by atoms with Crippen LogP contribution < -0.4 is 5.32 Å². The zero-order valence-corrected chi connectivity index (χ0v) is 9.53. The summed E-state index contributed by atoms with van der Waals surface area (Å²) in [7, 11) is 0. The van der Waals surface area contributed by atoms with Crippen molar-refractivity contribution in [2.75, 3.05) is 5.32 Å². The number of hydrogen-bond acceptors (Lipinski definition) is 3. The molecule has 0 saturated carbocycles. The first-order valence-corrected chi connectivity index (χ1v) is 5.28. The van der Waals surface area contributed by atoms with Crippen LogP contribution >= 0.6 is 11.6 Å². The number of halogens is 1. The van der Waals surface area contributed by atoms with E-state index in [1.807, 2.05) is 0 Å². The van der Waals surface area contributed by atoms with Gasteiger partial charge in [-0.05, 0) is 18.2 Å². The van der Waals surface area contributed by atoms with Crippen LogP contribution in [0.2, 0.25) is 5.02 Å². The second kappa shape index (κ2) is 4.81. The van der Waals surface area contributed by atoms with Crippen molar-refractivity contribution in [3.05, 3.63) is 35.6 Å². The summed E-state index contributed by atoms with van der Waals surface area (Å²) < 4.78 is 0.